The molecule has 1 aliphatic rings. The molecule has 90 valence electrons. The first-order chi connectivity index (χ1) is 7.99. The van der Waals surface area contributed by atoms with E-state index in [-0.39, 0.29) is 11.4 Å². The molecule has 2 rings (SSSR count). The number of hydrogen-bond donors (Lipinski definition) is 1. The number of hydrogen-bond acceptors (Lipinski definition) is 4. The number of rotatable bonds is 1. The summed E-state index contributed by atoms with van der Waals surface area (Å²) in [5.74, 6) is 0.884. The van der Waals surface area contributed by atoms with E-state index in [1.807, 2.05) is 0 Å². The Bertz CT molecular complexity index is 500. The van der Waals surface area contributed by atoms with Crippen molar-refractivity contribution in [2.24, 2.45) is 0 Å². The molecule has 0 spiro atoms. The van der Waals surface area contributed by atoms with Crippen LogP contribution in [0.5, 0.6) is 11.5 Å². The molecule has 17 heavy (non-hydrogen) atoms. The van der Waals surface area contributed by atoms with Crippen molar-refractivity contribution >= 4 is 5.78 Å². The Morgan fingerprint density at radius 1 is 1.41 bits per heavy atom. The van der Waals surface area contributed by atoms with Gasteiger partial charge in [-0.2, -0.15) is 0 Å². The normalized spacial score (nSPS) is 19.7. The summed E-state index contributed by atoms with van der Waals surface area (Å²) in [5, 5.41) is 9.14. The standard InChI is InChI=1S/C13H14O4/c1-13(2)10(7-14)12(15)9-5-4-8(16-3)6-11(9)17-13/h4-7,14H,1-3H3/b10-7-. The monoisotopic (exact) mass is 234 g/mol. The molecular formula is C13H14O4. The molecule has 0 bridgehead atoms. The van der Waals surface area contributed by atoms with Gasteiger partial charge in [0.2, 0.25) is 0 Å². The molecule has 1 aromatic rings. The van der Waals surface area contributed by atoms with Crippen molar-refractivity contribution in [3.8, 4) is 11.5 Å². The van der Waals surface area contributed by atoms with Gasteiger partial charge in [-0.05, 0) is 26.0 Å². The summed E-state index contributed by atoms with van der Waals surface area (Å²) in [5.41, 5.74) is -0.161. The SMILES string of the molecule is COc1ccc2c(c1)OC(C)(C)/C(=C\O)C2=O. The number of carbonyl (C=O) groups is 1. The van der Waals surface area contributed by atoms with Gasteiger partial charge in [0, 0.05) is 6.07 Å². The smallest absolute Gasteiger partial charge is 0.199 e. The molecular weight excluding hydrogens is 220 g/mol. The first-order valence-electron chi connectivity index (χ1n) is 5.26. The van der Waals surface area contributed by atoms with Crippen molar-refractivity contribution < 1.29 is 19.4 Å². The highest BCUT2D eigenvalue weighted by Gasteiger charge is 2.38. The third-order valence-corrected chi connectivity index (χ3v) is 2.82. The van der Waals surface area contributed by atoms with E-state index in [2.05, 4.69) is 0 Å². The van der Waals surface area contributed by atoms with Crippen LogP contribution in [0, 0.1) is 0 Å². The van der Waals surface area contributed by atoms with Crippen molar-refractivity contribution in [2.45, 2.75) is 19.4 Å². The van der Waals surface area contributed by atoms with Crippen molar-refractivity contribution in [2.75, 3.05) is 7.11 Å². The zero-order chi connectivity index (χ0) is 12.6. The Balaban J connectivity index is 2.57. The predicted molar refractivity (Wildman–Crippen MR) is 62.7 cm³/mol. The molecule has 0 aliphatic carbocycles. The van der Waals surface area contributed by atoms with Crippen LogP contribution in [-0.2, 0) is 0 Å². The van der Waals surface area contributed by atoms with Crippen LogP contribution in [0.25, 0.3) is 0 Å². The van der Waals surface area contributed by atoms with Gasteiger partial charge in [0.15, 0.2) is 5.78 Å². The van der Waals surface area contributed by atoms with Crippen molar-refractivity contribution in [3.05, 3.63) is 35.6 Å². The van der Waals surface area contributed by atoms with Gasteiger partial charge in [0.05, 0.1) is 24.5 Å². The number of ketones is 1. The van der Waals surface area contributed by atoms with E-state index in [0.717, 1.165) is 6.26 Å². The first-order valence-corrected chi connectivity index (χ1v) is 5.26. The van der Waals surface area contributed by atoms with E-state index < -0.39 is 5.60 Å². The van der Waals surface area contributed by atoms with Gasteiger partial charge >= 0.3 is 0 Å². The van der Waals surface area contributed by atoms with Crippen LogP contribution < -0.4 is 9.47 Å². The van der Waals surface area contributed by atoms with Gasteiger partial charge in [-0.1, -0.05) is 0 Å². The Labute approximate surface area is 99.5 Å². The number of aliphatic hydroxyl groups is 1. The zero-order valence-electron chi connectivity index (χ0n) is 9.98. The third-order valence-electron chi connectivity index (χ3n) is 2.82. The second kappa shape index (κ2) is 3.80. The van der Waals surface area contributed by atoms with Gasteiger partial charge in [-0.3, -0.25) is 4.79 Å². The minimum atomic E-state index is -0.842. The lowest BCUT2D eigenvalue weighted by Gasteiger charge is -2.33. The molecule has 0 saturated carbocycles. The highest BCUT2D eigenvalue weighted by atomic mass is 16.5. The van der Waals surface area contributed by atoms with Crippen molar-refractivity contribution in [1.29, 1.82) is 0 Å². The van der Waals surface area contributed by atoms with E-state index in [4.69, 9.17) is 14.6 Å². The summed E-state index contributed by atoms with van der Waals surface area (Å²) >= 11 is 0. The average Bonchev–Trinajstić information content (AvgIpc) is 2.27. The predicted octanol–water partition coefficient (Wildman–Crippen LogP) is 2.49. The van der Waals surface area contributed by atoms with E-state index in [1.165, 1.54) is 0 Å². The number of carbonyl (C=O) groups excluding carboxylic acids is 1. The lowest BCUT2D eigenvalue weighted by Crippen LogP contribution is -2.39. The summed E-state index contributed by atoms with van der Waals surface area (Å²) in [6, 6.07) is 4.99. The van der Waals surface area contributed by atoms with Gasteiger partial charge in [-0.25, -0.2) is 0 Å². The Hall–Kier alpha value is -1.97. The molecule has 4 nitrogen and oxygen atoms in total. The van der Waals surface area contributed by atoms with Crippen LogP contribution in [0.1, 0.15) is 24.2 Å². The maximum Gasteiger partial charge on any atom is 0.199 e. The highest BCUT2D eigenvalue weighted by molar-refractivity contribution is 6.12. The third kappa shape index (κ3) is 1.75. The van der Waals surface area contributed by atoms with Gasteiger partial charge < -0.3 is 14.6 Å². The lowest BCUT2D eigenvalue weighted by atomic mass is 9.88. The molecule has 1 N–H and O–H groups in total. The van der Waals surface area contributed by atoms with Gasteiger partial charge in [0.25, 0.3) is 0 Å². The molecule has 1 aromatic carbocycles. The first kappa shape index (κ1) is 11.5. The van der Waals surface area contributed by atoms with Crippen LogP contribution >= 0.6 is 0 Å². The number of benzene rings is 1. The second-order valence-electron chi connectivity index (χ2n) is 4.35. The van der Waals surface area contributed by atoms with E-state index in [1.54, 1.807) is 39.2 Å². The highest BCUT2D eigenvalue weighted by Crippen LogP contribution is 2.38. The quantitative estimate of drug-likeness (QED) is 0.599. The summed E-state index contributed by atoms with van der Waals surface area (Å²) in [6.07, 6.45) is 0.815. The minimum Gasteiger partial charge on any atom is -0.515 e. The van der Waals surface area contributed by atoms with Crippen LogP contribution in [0.3, 0.4) is 0 Å². The molecule has 0 fully saturated rings. The topological polar surface area (TPSA) is 55.8 Å². The van der Waals surface area contributed by atoms with E-state index in [9.17, 15) is 4.79 Å². The molecule has 1 heterocycles. The zero-order valence-corrected chi connectivity index (χ0v) is 9.98. The summed E-state index contributed by atoms with van der Waals surface area (Å²) in [7, 11) is 1.55. The second-order valence-corrected chi connectivity index (χ2v) is 4.35. The summed E-state index contributed by atoms with van der Waals surface area (Å²) in [6.45, 7) is 3.46. The number of ether oxygens (including phenoxy) is 2. The van der Waals surface area contributed by atoms with E-state index in [0.29, 0.717) is 17.1 Å². The molecule has 0 amide bonds. The molecule has 0 aromatic heterocycles. The van der Waals surface area contributed by atoms with Gasteiger partial charge in [0.1, 0.15) is 17.1 Å². The lowest BCUT2D eigenvalue weighted by molar-refractivity contribution is 0.0843. The molecule has 0 unspecified atom stereocenters. The maximum absolute atomic E-state index is 12.1. The molecule has 4 heteroatoms. The molecule has 0 radical (unpaired) electrons. The van der Waals surface area contributed by atoms with Crippen LogP contribution in [0.15, 0.2) is 30.0 Å². The Morgan fingerprint density at radius 3 is 2.71 bits per heavy atom. The Kier molecular flexibility index (Phi) is 2.58. The van der Waals surface area contributed by atoms with Crippen LogP contribution in [0.4, 0.5) is 0 Å². The fourth-order valence-corrected chi connectivity index (χ4v) is 1.86. The van der Waals surface area contributed by atoms with E-state index >= 15 is 0 Å². The minimum absolute atomic E-state index is 0.221. The molecule has 0 atom stereocenters. The summed E-state index contributed by atoms with van der Waals surface area (Å²) < 4.78 is 10.8. The summed E-state index contributed by atoms with van der Waals surface area (Å²) in [4.78, 5) is 12.1. The number of aliphatic hydroxyl groups excluding tert-OH is 1. The average molecular weight is 234 g/mol. The van der Waals surface area contributed by atoms with Crippen molar-refractivity contribution in [1.82, 2.24) is 0 Å². The fourth-order valence-electron chi connectivity index (χ4n) is 1.86. The fraction of sp³-hybridized carbons (Fsp3) is 0.308. The number of methoxy groups -OCH3 is 1. The number of Topliss-reactive ketones (excluding diaryl/α,β-unsaturated/α-hetero) is 1. The van der Waals surface area contributed by atoms with Gasteiger partial charge in [-0.15, -0.1) is 0 Å². The maximum atomic E-state index is 12.1. The van der Waals surface area contributed by atoms with Crippen LogP contribution in [0.2, 0.25) is 0 Å². The molecule has 1 aliphatic heterocycles. The van der Waals surface area contributed by atoms with Crippen molar-refractivity contribution in [3.63, 3.8) is 0 Å². The Morgan fingerprint density at radius 2 is 2.12 bits per heavy atom. The number of fused-ring (bicyclic) bond motifs is 1. The van der Waals surface area contributed by atoms with Crippen LogP contribution in [-0.4, -0.2) is 23.6 Å². The molecule has 0 saturated heterocycles. The largest absolute Gasteiger partial charge is 0.515 e.